The van der Waals surface area contributed by atoms with Gasteiger partial charge in [0.05, 0.1) is 12.2 Å². The number of carbonyl (C=O) groups is 1. The highest BCUT2D eigenvalue weighted by Gasteiger charge is 2.15. The Balaban J connectivity index is 2.07. The van der Waals surface area contributed by atoms with Crippen molar-refractivity contribution in [3.63, 3.8) is 0 Å². The summed E-state index contributed by atoms with van der Waals surface area (Å²) in [6.07, 6.45) is 0.900. The quantitative estimate of drug-likeness (QED) is 0.904. The van der Waals surface area contributed by atoms with Gasteiger partial charge >= 0.3 is 0 Å². The van der Waals surface area contributed by atoms with Crippen molar-refractivity contribution in [2.45, 2.75) is 13.3 Å². The van der Waals surface area contributed by atoms with Crippen molar-refractivity contribution >= 4 is 11.6 Å². The van der Waals surface area contributed by atoms with Gasteiger partial charge in [0.25, 0.3) is 5.91 Å². The van der Waals surface area contributed by atoms with Gasteiger partial charge in [-0.2, -0.15) is 0 Å². The highest BCUT2D eigenvalue weighted by molar-refractivity contribution is 6.04. The average molecular weight is 291 g/mol. The minimum absolute atomic E-state index is 0.332. The van der Waals surface area contributed by atoms with Crippen LogP contribution in [-0.4, -0.2) is 12.5 Å². The van der Waals surface area contributed by atoms with Crippen molar-refractivity contribution in [3.8, 4) is 5.75 Å². The fourth-order valence-corrected chi connectivity index (χ4v) is 1.73. The van der Waals surface area contributed by atoms with E-state index in [2.05, 4.69) is 5.32 Å². The summed E-state index contributed by atoms with van der Waals surface area (Å²) in [7, 11) is 0. The van der Waals surface area contributed by atoms with Crippen molar-refractivity contribution < 1.29 is 18.3 Å². The summed E-state index contributed by atoms with van der Waals surface area (Å²) in [5.41, 5.74) is 0.147. The van der Waals surface area contributed by atoms with Gasteiger partial charge < -0.3 is 10.1 Å². The summed E-state index contributed by atoms with van der Waals surface area (Å²) < 4.78 is 32.0. The van der Waals surface area contributed by atoms with Crippen LogP contribution in [0.15, 0.2) is 42.5 Å². The van der Waals surface area contributed by atoms with Crippen molar-refractivity contribution in [1.82, 2.24) is 0 Å². The molecule has 0 atom stereocenters. The fourth-order valence-electron chi connectivity index (χ4n) is 1.73. The minimum Gasteiger partial charge on any atom is -0.494 e. The van der Waals surface area contributed by atoms with Gasteiger partial charge in [0.1, 0.15) is 5.75 Å². The lowest BCUT2D eigenvalue weighted by atomic mass is 10.2. The van der Waals surface area contributed by atoms with E-state index in [9.17, 15) is 13.6 Å². The number of carbonyl (C=O) groups excluding carboxylic acids is 1. The summed E-state index contributed by atoms with van der Waals surface area (Å²) in [6, 6.07) is 10.2. The molecule has 0 saturated carbocycles. The first-order valence-corrected chi connectivity index (χ1v) is 6.60. The Bertz CT molecular complexity index is 627. The Morgan fingerprint density at radius 2 is 1.86 bits per heavy atom. The molecule has 0 aliphatic rings. The molecule has 5 heteroatoms. The summed E-state index contributed by atoms with van der Waals surface area (Å²) >= 11 is 0. The number of anilines is 1. The predicted molar refractivity (Wildman–Crippen MR) is 76.5 cm³/mol. The van der Waals surface area contributed by atoms with Gasteiger partial charge in [0.15, 0.2) is 11.6 Å². The smallest absolute Gasteiger partial charge is 0.258 e. The van der Waals surface area contributed by atoms with E-state index in [-0.39, 0.29) is 5.56 Å². The van der Waals surface area contributed by atoms with Gasteiger partial charge in [0.2, 0.25) is 0 Å². The van der Waals surface area contributed by atoms with Crippen molar-refractivity contribution in [2.75, 3.05) is 11.9 Å². The standard InChI is InChI=1S/C16H15F2NO2/c1-2-10-21-12-8-6-11(7-9-12)19-16(20)13-4-3-5-14(17)15(13)18/h3-9H,2,10H2,1H3,(H,19,20). The molecule has 3 nitrogen and oxygen atoms in total. The first-order chi connectivity index (χ1) is 10.1. The van der Waals surface area contributed by atoms with Crippen LogP contribution >= 0.6 is 0 Å². The molecular formula is C16H15F2NO2. The predicted octanol–water partition coefficient (Wildman–Crippen LogP) is 4.01. The lowest BCUT2D eigenvalue weighted by molar-refractivity contribution is 0.102. The van der Waals surface area contributed by atoms with E-state index in [1.807, 2.05) is 6.92 Å². The minimum atomic E-state index is -1.15. The second-order valence-corrected chi connectivity index (χ2v) is 4.43. The highest BCUT2D eigenvalue weighted by Crippen LogP contribution is 2.18. The van der Waals surface area contributed by atoms with Gasteiger partial charge in [-0.25, -0.2) is 8.78 Å². The number of rotatable bonds is 5. The summed E-state index contributed by atoms with van der Waals surface area (Å²) in [5, 5.41) is 2.51. The molecule has 0 bridgehead atoms. The van der Waals surface area contributed by atoms with Gasteiger partial charge in [-0.1, -0.05) is 13.0 Å². The van der Waals surface area contributed by atoms with Crippen LogP contribution in [0.25, 0.3) is 0 Å². The highest BCUT2D eigenvalue weighted by atomic mass is 19.2. The lowest BCUT2D eigenvalue weighted by Gasteiger charge is -2.08. The third-order valence-corrected chi connectivity index (χ3v) is 2.78. The maximum absolute atomic E-state index is 13.5. The number of halogens is 2. The summed E-state index contributed by atoms with van der Waals surface area (Å²) in [4.78, 5) is 11.9. The van der Waals surface area contributed by atoms with Crippen molar-refractivity contribution in [2.24, 2.45) is 0 Å². The first kappa shape index (κ1) is 15.0. The molecule has 1 amide bonds. The van der Waals surface area contributed by atoms with E-state index in [1.165, 1.54) is 12.1 Å². The molecule has 2 aromatic carbocycles. The molecule has 0 aliphatic heterocycles. The Kier molecular flexibility index (Phi) is 4.87. The van der Waals surface area contributed by atoms with Crippen LogP contribution in [0.1, 0.15) is 23.7 Å². The Hall–Kier alpha value is -2.43. The number of benzene rings is 2. The summed E-state index contributed by atoms with van der Waals surface area (Å²) in [5.74, 6) is -2.22. The Morgan fingerprint density at radius 3 is 2.52 bits per heavy atom. The van der Waals surface area contributed by atoms with E-state index in [4.69, 9.17) is 4.74 Å². The second-order valence-electron chi connectivity index (χ2n) is 4.43. The molecule has 0 heterocycles. The maximum atomic E-state index is 13.5. The monoisotopic (exact) mass is 291 g/mol. The molecular weight excluding hydrogens is 276 g/mol. The molecule has 2 aromatic rings. The molecule has 0 radical (unpaired) electrons. The Labute approximate surface area is 121 Å². The molecule has 0 saturated heterocycles. The third kappa shape index (κ3) is 3.78. The zero-order valence-electron chi connectivity index (χ0n) is 11.5. The first-order valence-electron chi connectivity index (χ1n) is 6.60. The van der Waals surface area contributed by atoms with E-state index in [1.54, 1.807) is 24.3 Å². The molecule has 0 aliphatic carbocycles. The number of nitrogens with one attached hydrogen (secondary N) is 1. The van der Waals surface area contributed by atoms with Crippen LogP contribution in [0.3, 0.4) is 0 Å². The molecule has 1 N–H and O–H groups in total. The van der Waals surface area contributed by atoms with E-state index in [0.29, 0.717) is 18.0 Å². The van der Waals surface area contributed by atoms with Crippen molar-refractivity contribution in [3.05, 3.63) is 59.7 Å². The van der Waals surface area contributed by atoms with Gasteiger partial charge in [-0.15, -0.1) is 0 Å². The molecule has 21 heavy (non-hydrogen) atoms. The maximum Gasteiger partial charge on any atom is 0.258 e. The SMILES string of the molecule is CCCOc1ccc(NC(=O)c2cccc(F)c2F)cc1. The topological polar surface area (TPSA) is 38.3 Å². The zero-order chi connectivity index (χ0) is 15.2. The molecule has 0 spiro atoms. The summed E-state index contributed by atoms with van der Waals surface area (Å²) in [6.45, 7) is 2.61. The number of amides is 1. The molecule has 0 fully saturated rings. The lowest BCUT2D eigenvalue weighted by Crippen LogP contribution is -2.14. The van der Waals surface area contributed by atoms with Crippen LogP contribution in [0.2, 0.25) is 0 Å². The zero-order valence-corrected chi connectivity index (χ0v) is 11.5. The van der Waals surface area contributed by atoms with E-state index >= 15 is 0 Å². The van der Waals surface area contributed by atoms with Crippen LogP contribution in [0, 0.1) is 11.6 Å². The van der Waals surface area contributed by atoms with Gasteiger partial charge in [-0.05, 0) is 42.8 Å². The van der Waals surface area contributed by atoms with E-state index in [0.717, 1.165) is 12.5 Å². The van der Waals surface area contributed by atoms with Crippen LogP contribution in [-0.2, 0) is 0 Å². The molecule has 0 unspecified atom stereocenters. The fraction of sp³-hybridized carbons (Fsp3) is 0.188. The largest absolute Gasteiger partial charge is 0.494 e. The van der Waals surface area contributed by atoms with Crippen LogP contribution < -0.4 is 10.1 Å². The van der Waals surface area contributed by atoms with Gasteiger partial charge in [0, 0.05) is 5.69 Å². The number of ether oxygens (including phenoxy) is 1. The molecule has 0 aromatic heterocycles. The normalized spacial score (nSPS) is 10.2. The van der Waals surface area contributed by atoms with Crippen LogP contribution in [0.4, 0.5) is 14.5 Å². The molecule has 110 valence electrons. The second kappa shape index (κ2) is 6.83. The average Bonchev–Trinajstić information content (AvgIpc) is 2.49. The van der Waals surface area contributed by atoms with Crippen LogP contribution in [0.5, 0.6) is 5.75 Å². The molecule has 2 rings (SSSR count). The van der Waals surface area contributed by atoms with E-state index < -0.39 is 17.5 Å². The van der Waals surface area contributed by atoms with Crippen molar-refractivity contribution in [1.29, 1.82) is 0 Å². The number of hydrogen-bond acceptors (Lipinski definition) is 2. The number of hydrogen-bond donors (Lipinski definition) is 1. The Morgan fingerprint density at radius 1 is 1.14 bits per heavy atom. The van der Waals surface area contributed by atoms with Gasteiger partial charge in [-0.3, -0.25) is 4.79 Å². The third-order valence-electron chi connectivity index (χ3n) is 2.78.